The van der Waals surface area contributed by atoms with E-state index in [1.165, 1.54) is 44.9 Å². The van der Waals surface area contributed by atoms with Gasteiger partial charge in [0.2, 0.25) is 5.91 Å². The summed E-state index contributed by atoms with van der Waals surface area (Å²) in [7, 11) is 2.00. The normalized spacial score (nSPS) is 29.4. The van der Waals surface area contributed by atoms with E-state index in [0.717, 1.165) is 19.4 Å². The van der Waals surface area contributed by atoms with Gasteiger partial charge in [0, 0.05) is 19.5 Å². The molecule has 0 heterocycles. The Morgan fingerprint density at radius 1 is 1.11 bits per heavy atom. The molecule has 0 saturated heterocycles. The van der Waals surface area contributed by atoms with E-state index in [2.05, 4.69) is 0 Å². The molecule has 2 N–H and O–H groups in total. The molecule has 2 atom stereocenters. The fourth-order valence-electron chi connectivity index (χ4n) is 3.76. The molecule has 0 aromatic carbocycles. The van der Waals surface area contributed by atoms with Gasteiger partial charge in [-0.15, -0.1) is 0 Å². The van der Waals surface area contributed by atoms with Crippen LogP contribution in [0.5, 0.6) is 0 Å². The molecule has 104 valence electrons. The van der Waals surface area contributed by atoms with Gasteiger partial charge in [0.05, 0.1) is 0 Å². The van der Waals surface area contributed by atoms with E-state index >= 15 is 0 Å². The summed E-state index contributed by atoms with van der Waals surface area (Å²) in [4.78, 5) is 14.4. The van der Waals surface area contributed by atoms with Crippen molar-refractivity contribution in [2.45, 2.75) is 63.8 Å². The van der Waals surface area contributed by atoms with Gasteiger partial charge < -0.3 is 10.6 Å². The lowest BCUT2D eigenvalue weighted by molar-refractivity contribution is -0.134. The van der Waals surface area contributed by atoms with Crippen LogP contribution in [0, 0.1) is 11.8 Å². The number of nitrogens with two attached hydrogens (primary N) is 1. The lowest BCUT2D eigenvalue weighted by Gasteiger charge is -2.38. The zero-order chi connectivity index (χ0) is 13.0. The van der Waals surface area contributed by atoms with Crippen molar-refractivity contribution in [1.29, 1.82) is 0 Å². The number of rotatable bonds is 4. The molecule has 0 aromatic heterocycles. The van der Waals surface area contributed by atoms with Crippen LogP contribution in [0.2, 0.25) is 0 Å². The monoisotopic (exact) mass is 252 g/mol. The van der Waals surface area contributed by atoms with Crippen molar-refractivity contribution in [3.8, 4) is 0 Å². The van der Waals surface area contributed by atoms with Crippen molar-refractivity contribution in [3.05, 3.63) is 0 Å². The highest BCUT2D eigenvalue weighted by Crippen LogP contribution is 2.31. The Morgan fingerprint density at radius 3 is 2.39 bits per heavy atom. The summed E-state index contributed by atoms with van der Waals surface area (Å²) in [5.74, 6) is 1.53. The van der Waals surface area contributed by atoms with Crippen LogP contribution < -0.4 is 5.73 Å². The largest absolute Gasteiger partial charge is 0.342 e. The van der Waals surface area contributed by atoms with E-state index in [0.29, 0.717) is 23.8 Å². The summed E-state index contributed by atoms with van der Waals surface area (Å²) in [6, 6.07) is 0.401. The van der Waals surface area contributed by atoms with Crippen LogP contribution in [0.1, 0.15) is 57.8 Å². The Kier molecular flexibility index (Phi) is 5.04. The third kappa shape index (κ3) is 3.25. The van der Waals surface area contributed by atoms with Crippen molar-refractivity contribution in [2.75, 3.05) is 13.6 Å². The first-order valence-corrected chi connectivity index (χ1v) is 7.68. The van der Waals surface area contributed by atoms with Gasteiger partial charge in [-0.25, -0.2) is 0 Å². The lowest BCUT2D eigenvalue weighted by atomic mass is 9.83. The first-order chi connectivity index (χ1) is 8.72. The number of hydrogen-bond donors (Lipinski definition) is 1. The molecule has 2 aliphatic rings. The van der Waals surface area contributed by atoms with Crippen molar-refractivity contribution >= 4 is 5.91 Å². The van der Waals surface area contributed by atoms with Crippen LogP contribution in [-0.2, 0) is 4.79 Å². The minimum Gasteiger partial charge on any atom is -0.342 e. The van der Waals surface area contributed by atoms with Crippen molar-refractivity contribution in [2.24, 2.45) is 17.6 Å². The Morgan fingerprint density at radius 2 is 1.72 bits per heavy atom. The number of amides is 1. The minimum atomic E-state index is 0.354. The second kappa shape index (κ2) is 6.55. The standard InChI is InChI=1S/C15H28N2O/c1-17(14-9-5-4-8-13(14)11-16)15(18)10-12-6-2-3-7-12/h12-14H,2-11,16H2,1H3. The maximum atomic E-state index is 12.3. The highest BCUT2D eigenvalue weighted by Gasteiger charge is 2.31. The van der Waals surface area contributed by atoms with E-state index in [1.54, 1.807) is 0 Å². The number of carbonyl (C=O) groups excluding carboxylic acids is 1. The Balaban J connectivity index is 1.87. The van der Waals surface area contributed by atoms with Gasteiger partial charge in [0.25, 0.3) is 0 Å². The van der Waals surface area contributed by atoms with Crippen LogP contribution in [0.4, 0.5) is 0 Å². The maximum absolute atomic E-state index is 12.3. The molecule has 18 heavy (non-hydrogen) atoms. The molecule has 0 spiro atoms. The fourth-order valence-corrected chi connectivity index (χ4v) is 3.76. The zero-order valence-corrected chi connectivity index (χ0v) is 11.7. The third-order valence-corrected chi connectivity index (χ3v) is 5.00. The summed E-state index contributed by atoms with van der Waals surface area (Å²) >= 11 is 0. The van der Waals surface area contributed by atoms with Crippen LogP contribution >= 0.6 is 0 Å². The first-order valence-electron chi connectivity index (χ1n) is 7.68. The van der Waals surface area contributed by atoms with E-state index in [-0.39, 0.29) is 0 Å². The Hall–Kier alpha value is -0.570. The van der Waals surface area contributed by atoms with Gasteiger partial charge in [0.15, 0.2) is 0 Å². The zero-order valence-electron chi connectivity index (χ0n) is 11.7. The highest BCUT2D eigenvalue weighted by atomic mass is 16.2. The summed E-state index contributed by atoms with van der Waals surface area (Å²) in [6.07, 6.45) is 10.8. The van der Waals surface area contributed by atoms with Crippen LogP contribution in [0.25, 0.3) is 0 Å². The predicted molar refractivity (Wildman–Crippen MR) is 74.1 cm³/mol. The van der Waals surface area contributed by atoms with Gasteiger partial charge in [-0.05, 0) is 44.1 Å². The van der Waals surface area contributed by atoms with E-state index < -0.39 is 0 Å². The topological polar surface area (TPSA) is 46.3 Å². The Bertz CT molecular complexity index is 274. The molecular formula is C15H28N2O. The van der Waals surface area contributed by atoms with Gasteiger partial charge in [0.1, 0.15) is 0 Å². The van der Waals surface area contributed by atoms with E-state index in [4.69, 9.17) is 5.73 Å². The van der Waals surface area contributed by atoms with Gasteiger partial charge in [-0.2, -0.15) is 0 Å². The maximum Gasteiger partial charge on any atom is 0.222 e. The predicted octanol–water partition coefficient (Wildman–Crippen LogP) is 2.54. The molecule has 2 saturated carbocycles. The number of carbonyl (C=O) groups is 1. The minimum absolute atomic E-state index is 0.354. The SMILES string of the molecule is CN(C(=O)CC1CCCC1)C1CCCCC1CN. The van der Waals surface area contributed by atoms with E-state index in [9.17, 15) is 4.79 Å². The molecule has 0 bridgehead atoms. The number of hydrogen-bond acceptors (Lipinski definition) is 2. The fraction of sp³-hybridized carbons (Fsp3) is 0.933. The molecule has 2 aliphatic carbocycles. The molecule has 2 fully saturated rings. The van der Waals surface area contributed by atoms with E-state index in [1.807, 2.05) is 11.9 Å². The first kappa shape index (κ1) is 13.9. The van der Waals surface area contributed by atoms with Crippen molar-refractivity contribution in [3.63, 3.8) is 0 Å². The summed E-state index contributed by atoms with van der Waals surface area (Å²) in [5.41, 5.74) is 5.86. The smallest absolute Gasteiger partial charge is 0.222 e. The summed E-state index contributed by atoms with van der Waals surface area (Å²) in [6.45, 7) is 0.728. The molecule has 3 nitrogen and oxygen atoms in total. The average molecular weight is 252 g/mol. The summed E-state index contributed by atoms with van der Waals surface area (Å²) < 4.78 is 0. The molecule has 3 heteroatoms. The Labute approximate surface area is 111 Å². The molecular weight excluding hydrogens is 224 g/mol. The van der Waals surface area contributed by atoms with Crippen LogP contribution in [-0.4, -0.2) is 30.4 Å². The number of nitrogens with zero attached hydrogens (tertiary/aromatic N) is 1. The van der Waals surface area contributed by atoms with Gasteiger partial charge in [-0.1, -0.05) is 25.7 Å². The molecule has 0 aromatic rings. The highest BCUT2D eigenvalue weighted by molar-refractivity contribution is 5.76. The second-order valence-corrected chi connectivity index (χ2v) is 6.21. The average Bonchev–Trinajstić information content (AvgIpc) is 2.90. The quantitative estimate of drug-likeness (QED) is 0.835. The second-order valence-electron chi connectivity index (χ2n) is 6.21. The molecule has 2 rings (SSSR count). The molecule has 0 aliphatic heterocycles. The summed E-state index contributed by atoms with van der Waals surface area (Å²) in [5, 5.41) is 0. The van der Waals surface area contributed by atoms with Crippen molar-refractivity contribution in [1.82, 2.24) is 4.90 Å². The van der Waals surface area contributed by atoms with Crippen LogP contribution in [0.3, 0.4) is 0 Å². The third-order valence-electron chi connectivity index (χ3n) is 5.00. The van der Waals surface area contributed by atoms with Crippen LogP contribution in [0.15, 0.2) is 0 Å². The molecule has 2 unspecified atom stereocenters. The molecule has 0 radical (unpaired) electrons. The van der Waals surface area contributed by atoms with Gasteiger partial charge >= 0.3 is 0 Å². The molecule has 1 amide bonds. The van der Waals surface area contributed by atoms with Crippen molar-refractivity contribution < 1.29 is 4.79 Å². The van der Waals surface area contributed by atoms with Gasteiger partial charge in [-0.3, -0.25) is 4.79 Å². The lowest BCUT2D eigenvalue weighted by Crippen LogP contribution is -2.46.